The van der Waals surface area contributed by atoms with Crippen molar-refractivity contribution < 1.29 is 28.9 Å². The Morgan fingerprint density at radius 3 is 2.50 bits per heavy atom. The molecule has 1 heterocycles. The Kier molecular flexibility index (Phi) is 10.1. The number of ketones is 1. The van der Waals surface area contributed by atoms with E-state index in [1.165, 1.54) is 11.0 Å². The average Bonchev–Trinajstić information content (AvgIpc) is 3.15. The fourth-order valence-corrected chi connectivity index (χ4v) is 4.20. The van der Waals surface area contributed by atoms with Crippen molar-refractivity contribution in [3.05, 3.63) is 77.1 Å². The maximum Gasteiger partial charge on any atom is 0.290 e. The van der Waals surface area contributed by atoms with Crippen molar-refractivity contribution in [2.24, 2.45) is 0 Å². The number of rotatable bonds is 14. The predicted molar refractivity (Wildman–Crippen MR) is 139 cm³/mol. The van der Waals surface area contributed by atoms with E-state index in [0.29, 0.717) is 43.2 Å². The zero-order valence-electron chi connectivity index (χ0n) is 21.2. The van der Waals surface area contributed by atoms with Gasteiger partial charge in [0, 0.05) is 20.3 Å². The van der Waals surface area contributed by atoms with Gasteiger partial charge >= 0.3 is 0 Å². The van der Waals surface area contributed by atoms with Gasteiger partial charge in [-0.3, -0.25) is 9.59 Å². The number of allylic oxidation sites excluding steroid dienone is 1. The van der Waals surface area contributed by atoms with Crippen LogP contribution in [0.3, 0.4) is 0 Å². The summed E-state index contributed by atoms with van der Waals surface area (Å²) in [6.45, 7) is 3.47. The number of carbonyl (C=O) groups excluding carboxylic acids is 2. The van der Waals surface area contributed by atoms with Gasteiger partial charge in [-0.15, -0.1) is 0 Å². The fraction of sp³-hybridized carbons (Fsp3) is 0.379. The molecule has 0 spiro atoms. The molecular formula is C29H35NO6. The Morgan fingerprint density at radius 2 is 1.81 bits per heavy atom. The third kappa shape index (κ3) is 6.55. The summed E-state index contributed by atoms with van der Waals surface area (Å²) in [5.74, 6) is -0.433. The van der Waals surface area contributed by atoms with Crippen LogP contribution in [0, 0.1) is 0 Å². The summed E-state index contributed by atoms with van der Waals surface area (Å²) >= 11 is 0. The molecule has 7 heteroatoms. The molecule has 2 aromatic rings. The molecule has 1 aliphatic rings. The summed E-state index contributed by atoms with van der Waals surface area (Å²) in [5.41, 5.74) is 1.54. The SMILES string of the molecule is CCCCCOc1ccc(C2C(C(=O)C=Cc3ccccc3)=C(O)C(=O)N2CCCOC)cc1OC. The van der Waals surface area contributed by atoms with E-state index >= 15 is 0 Å². The van der Waals surface area contributed by atoms with Crippen LogP contribution >= 0.6 is 0 Å². The molecule has 0 bridgehead atoms. The van der Waals surface area contributed by atoms with Crippen molar-refractivity contribution >= 4 is 17.8 Å². The topological polar surface area (TPSA) is 85.3 Å². The van der Waals surface area contributed by atoms with E-state index in [1.54, 1.807) is 32.4 Å². The molecule has 1 atom stereocenters. The zero-order valence-corrected chi connectivity index (χ0v) is 21.2. The molecule has 7 nitrogen and oxygen atoms in total. The smallest absolute Gasteiger partial charge is 0.290 e. The van der Waals surface area contributed by atoms with E-state index in [0.717, 1.165) is 24.8 Å². The number of amides is 1. The van der Waals surface area contributed by atoms with Gasteiger partial charge < -0.3 is 24.2 Å². The number of aliphatic hydroxyl groups excluding tert-OH is 1. The monoisotopic (exact) mass is 493 g/mol. The van der Waals surface area contributed by atoms with Crippen LogP contribution in [0.25, 0.3) is 6.08 Å². The molecule has 0 aromatic heterocycles. The van der Waals surface area contributed by atoms with Crippen LogP contribution in [0.4, 0.5) is 0 Å². The number of nitrogens with zero attached hydrogens (tertiary/aromatic N) is 1. The number of hydrogen-bond acceptors (Lipinski definition) is 6. The number of carbonyl (C=O) groups is 2. The van der Waals surface area contributed by atoms with E-state index in [9.17, 15) is 14.7 Å². The van der Waals surface area contributed by atoms with Crippen LogP contribution in [0.5, 0.6) is 11.5 Å². The minimum absolute atomic E-state index is 0.0447. The van der Waals surface area contributed by atoms with Crippen molar-refractivity contribution in [3.63, 3.8) is 0 Å². The third-order valence-electron chi connectivity index (χ3n) is 6.05. The first kappa shape index (κ1) is 27.0. The highest BCUT2D eigenvalue weighted by Crippen LogP contribution is 2.41. The highest BCUT2D eigenvalue weighted by molar-refractivity contribution is 6.14. The minimum atomic E-state index is -0.759. The molecule has 3 rings (SSSR count). The largest absolute Gasteiger partial charge is 0.503 e. The summed E-state index contributed by atoms with van der Waals surface area (Å²) in [6, 6.07) is 14.0. The third-order valence-corrected chi connectivity index (χ3v) is 6.05. The Bertz CT molecular complexity index is 1090. The Hall–Kier alpha value is -3.58. The van der Waals surface area contributed by atoms with Crippen LogP contribution in [-0.4, -0.2) is 55.7 Å². The van der Waals surface area contributed by atoms with E-state index < -0.39 is 23.5 Å². The van der Waals surface area contributed by atoms with Crippen LogP contribution < -0.4 is 9.47 Å². The van der Waals surface area contributed by atoms with Gasteiger partial charge in [0.1, 0.15) is 0 Å². The van der Waals surface area contributed by atoms with Gasteiger partial charge in [0.25, 0.3) is 5.91 Å². The summed E-state index contributed by atoms with van der Waals surface area (Å²) in [7, 11) is 3.14. The highest BCUT2D eigenvalue weighted by atomic mass is 16.5. The van der Waals surface area contributed by atoms with Crippen molar-refractivity contribution in [1.82, 2.24) is 4.90 Å². The molecule has 0 saturated heterocycles. The zero-order chi connectivity index (χ0) is 25.9. The molecule has 1 aliphatic heterocycles. The van der Waals surface area contributed by atoms with Gasteiger partial charge in [-0.2, -0.15) is 0 Å². The molecular weight excluding hydrogens is 458 g/mol. The quantitative estimate of drug-likeness (QED) is 0.285. The molecule has 0 radical (unpaired) electrons. The molecule has 36 heavy (non-hydrogen) atoms. The maximum absolute atomic E-state index is 13.3. The Balaban J connectivity index is 1.94. The maximum atomic E-state index is 13.3. The number of hydrogen-bond donors (Lipinski definition) is 1. The lowest BCUT2D eigenvalue weighted by molar-refractivity contribution is -0.129. The normalized spacial score (nSPS) is 15.7. The van der Waals surface area contributed by atoms with Gasteiger partial charge in [-0.05, 0) is 42.2 Å². The van der Waals surface area contributed by atoms with E-state index in [4.69, 9.17) is 14.2 Å². The molecule has 1 unspecified atom stereocenters. The molecule has 2 aromatic carbocycles. The summed E-state index contributed by atoms with van der Waals surface area (Å²) in [6.07, 6.45) is 6.73. The van der Waals surface area contributed by atoms with Crippen LogP contribution in [-0.2, 0) is 14.3 Å². The van der Waals surface area contributed by atoms with Crippen LogP contribution in [0.15, 0.2) is 65.9 Å². The Morgan fingerprint density at radius 1 is 1.03 bits per heavy atom. The average molecular weight is 494 g/mol. The lowest BCUT2D eigenvalue weighted by Gasteiger charge is -2.27. The van der Waals surface area contributed by atoms with Gasteiger partial charge in [0.05, 0.1) is 25.3 Å². The van der Waals surface area contributed by atoms with Gasteiger partial charge in [0.2, 0.25) is 0 Å². The van der Waals surface area contributed by atoms with Crippen molar-refractivity contribution in [1.29, 1.82) is 0 Å². The lowest BCUT2D eigenvalue weighted by Crippen LogP contribution is -2.32. The van der Waals surface area contributed by atoms with Gasteiger partial charge in [-0.25, -0.2) is 0 Å². The van der Waals surface area contributed by atoms with Gasteiger partial charge in [0.15, 0.2) is 23.0 Å². The second-order valence-corrected chi connectivity index (χ2v) is 8.58. The minimum Gasteiger partial charge on any atom is -0.503 e. The number of methoxy groups -OCH3 is 2. The van der Waals surface area contributed by atoms with E-state index in [-0.39, 0.29) is 5.57 Å². The van der Waals surface area contributed by atoms with Crippen molar-refractivity contribution in [3.8, 4) is 11.5 Å². The van der Waals surface area contributed by atoms with Crippen molar-refractivity contribution in [2.75, 3.05) is 34.0 Å². The predicted octanol–water partition coefficient (Wildman–Crippen LogP) is 5.28. The number of aliphatic hydroxyl groups is 1. The lowest BCUT2D eigenvalue weighted by atomic mass is 9.95. The molecule has 0 aliphatic carbocycles. The first-order chi connectivity index (χ1) is 17.5. The van der Waals surface area contributed by atoms with Crippen molar-refractivity contribution in [2.45, 2.75) is 38.6 Å². The fourth-order valence-electron chi connectivity index (χ4n) is 4.20. The number of benzene rings is 2. The van der Waals surface area contributed by atoms with Crippen LogP contribution in [0.1, 0.15) is 49.8 Å². The Labute approximate surface area is 213 Å². The number of ether oxygens (including phenoxy) is 3. The number of unbranched alkanes of at least 4 members (excludes halogenated alkanes) is 2. The standard InChI is InChI=1S/C29H35NO6/c1-4-5-9-19-36-24-16-14-22(20-25(24)35-3)27-26(23(31)15-13-21-11-7-6-8-12-21)28(32)29(33)30(27)17-10-18-34-2/h6-8,11-16,20,27,32H,4-5,9-10,17-19H2,1-3H3. The molecule has 1 amide bonds. The summed E-state index contributed by atoms with van der Waals surface area (Å²) in [4.78, 5) is 27.8. The first-order valence-corrected chi connectivity index (χ1v) is 12.3. The second-order valence-electron chi connectivity index (χ2n) is 8.58. The summed E-state index contributed by atoms with van der Waals surface area (Å²) < 4.78 is 16.6. The van der Waals surface area contributed by atoms with Crippen LogP contribution in [0.2, 0.25) is 0 Å². The highest BCUT2D eigenvalue weighted by Gasteiger charge is 2.42. The molecule has 1 N–H and O–H groups in total. The van der Waals surface area contributed by atoms with Gasteiger partial charge in [-0.1, -0.05) is 62.2 Å². The second kappa shape index (κ2) is 13.5. The summed E-state index contributed by atoms with van der Waals surface area (Å²) in [5, 5.41) is 10.8. The molecule has 192 valence electrons. The molecule has 0 fully saturated rings. The van der Waals surface area contributed by atoms with E-state index in [1.807, 2.05) is 36.4 Å². The first-order valence-electron chi connectivity index (χ1n) is 12.3. The van der Waals surface area contributed by atoms with E-state index in [2.05, 4.69) is 6.92 Å². The molecule has 0 saturated carbocycles.